The zero-order chi connectivity index (χ0) is 22.7. The fourth-order valence-corrected chi connectivity index (χ4v) is 3.62. The summed E-state index contributed by atoms with van der Waals surface area (Å²) in [7, 11) is 0. The molecule has 7 nitrogen and oxygen atoms in total. The molecule has 32 heavy (non-hydrogen) atoms. The quantitative estimate of drug-likeness (QED) is 0.198. The Morgan fingerprint density at radius 2 is 2.09 bits per heavy atom. The second kappa shape index (κ2) is 9.04. The minimum absolute atomic E-state index is 0.00825. The van der Waals surface area contributed by atoms with Crippen LogP contribution in [0.25, 0.3) is 22.7 Å². The average Bonchev–Trinajstić information content (AvgIpc) is 3.20. The molecule has 158 valence electrons. The van der Waals surface area contributed by atoms with Gasteiger partial charge in [0.25, 0.3) is 5.69 Å². The van der Waals surface area contributed by atoms with E-state index in [1.807, 2.05) is 37.3 Å². The molecule has 3 aromatic carbocycles. The molecular formula is C24H17BrN4O3. The SMILES string of the molecule is Cc1ccc2nc(C(C#N)=Cc3cc(Br)ccc3OCc3cccc([N+](=O)[O-])c3)[nH]c2c1. The molecule has 0 spiro atoms. The van der Waals surface area contributed by atoms with Gasteiger partial charge in [-0.15, -0.1) is 0 Å². The van der Waals surface area contributed by atoms with Crippen molar-refractivity contribution in [2.75, 3.05) is 0 Å². The molecule has 0 unspecified atom stereocenters. The standard InChI is InChI=1S/C24H17BrN4O3/c1-15-5-7-21-22(9-15)28-24(27-21)18(13-26)11-17-12-19(25)6-8-23(17)32-14-16-3-2-4-20(10-16)29(30)31/h2-12H,14H2,1H3,(H,27,28). The number of nitriles is 1. The van der Waals surface area contributed by atoms with Crippen LogP contribution in [0, 0.1) is 28.4 Å². The molecule has 4 rings (SSSR count). The van der Waals surface area contributed by atoms with Gasteiger partial charge in [0.05, 0.1) is 21.5 Å². The number of hydrogen-bond acceptors (Lipinski definition) is 5. The van der Waals surface area contributed by atoms with Gasteiger partial charge in [-0.25, -0.2) is 4.98 Å². The lowest BCUT2D eigenvalue weighted by Gasteiger charge is -2.10. The number of aromatic amines is 1. The number of H-pyrrole nitrogens is 1. The highest BCUT2D eigenvalue weighted by Crippen LogP contribution is 2.29. The van der Waals surface area contributed by atoms with E-state index in [0.29, 0.717) is 28.3 Å². The number of rotatable bonds is 6. The molecule has 8 heteroatoms. The van der Waals surface area contributed by atoms with E-state index >= 15 is 0 Å². The molecule has 0 aliphatic carbocycles. The Hall–Kier alpha value is -3.96. The van der Waals surface area contributed by atoms with Crippen molar-refractivity contribution < 1.29 is 9.66 Å². The van der Waals surface area contributed by atoms with Crippen LogP contribution in [0.2, 0.25) is 0 Å². The van der Waals surface area contributed by atoms with Gasteiger partial charge in [-0.1, -0.05) is 34.1 Å². The van der Waals surface area contributed by atoms with Crippen molar-refractivity contribution in [3.8, 4) is 11.8 Å². The number of ether oxygens (including phenoxy) is 1. The molecule has 0 aliphatic heterocycles. The average molecular weight is 489 g/mol. The molecule has 0 aliphatic rings. The third-order valence-corrected chi connectivity index (χ3v) is 5.29. The first-order valence-electron chi connectivity index (χ1n) is 9.67. The van der Waals surface area contributed by atoms with Crippen molar-refractivity contribution in [3.05, 3.63) is 97.8 Å². The highest BCUT2D eigenvalue weighted by Gasteiger charge is 2.12. The number of imidazole rings is 1. The van der Waals surface area contributed by atoms with Crippen LogP contribution >= 0.6 is 15.9 Å². The monoisotopic (exact) mass is 488 g/mol. The van der Waals surface area contributed by atoms with Crippen molar-refractivity contribution in [1.82, 2.24) is 9.97 Å². The highest BCUT2D eigenvalue weighted by atomic mass is 79.9. The van der Waals surface area contributed by atoms with E-state index in [4.69, 9.17) is 4.74 Å². The third-order valence-electron chi connectivity index (χ3n) is 4.80. The molecule has 0 atom stereocenters. The molecule has 0 bridgehead atoms. The Morgan fingerprint density at radius 3 is 2.88 bits per heavy atom. The molecule has 0 amide bonds. The van der Waals surface area contributed by atoms with E-state index in [0.717, 1.165) is 21.1 Å². The number of hydrogen-bond donors (Lipinski definition) is 1. The van der Waals surface area contributed by atoms with Gasteiger partial charge >= 0.3 is 0 Å². The summed E-state index contributed by atoms with van der Waals surface area (Å²) in [6, 6.07) is 19.8. The summed E-state index contributed by atoms with van der Waals surface area (Å²) < 4.78 is 6.76. The fourth-order valence-electron chi connectivity index (χ4n) is 3.24. The second-order valence-corrected chi connectivity index (χ2v) is 8.09. The van der Waals surface area contributed by atoms with Crippen molar-refractivity contribution in [1.29, 1.82) is 5.26 Å². The number of nitrogens with zero attached hydrogens (tertiary/aromatic N) is 3. The number of nitro benzene ring substituents is 1. The van der Waals surface area contributed by atoms with E-state index < -0.39 is 4.92 Å². The normalized spacial score (nSPS) is 11.3. The number of aryl methyl sites for hydroxylation is 1. The van der Waals surface area contributed by atoms with Crippen LogP contribution < -0.4 is 4.74 Å². The first-order chi connectivity index (χ1) is 15.4. The number of fused-ring (bicyclic) bond motifs is 1. The van der Waals surface area contributed by atoms with Gasteiger partial charge in [0.1, 0.15) is 24.3 Å². The minimum Gasteiger partial charge on any atom is -0.488 e. The molecule has 0 saturated heterocycles. The van der Waals surface area contributed by atoms with Crippen LogP contribution in [0.1, 0.15) is 22.5 Å². The maximum absolute atomic E-state index is 11.0. The van der Waals surface area contributed by atoms with Gasteiger partial charge in [-0.05, 0) is 54.5 Å². The highest BCUT2D eigenvalue weighted by molar-refractivity contribution is 9.10. The predicted molar refractivity (Wildman–Crippen MR) is 126 cm³/mol. The van der Waals surface area contributed by atoms with E-state index in [9.17, 15) is 15.4 Å². The molecular weight excluding hydrogens is 472 g/mol. The number of non-ortho nitro benzene ring substituents is 1. The molecule has 0 fully saturated rings. The van der Waals surface area contributed by atoms with Gasteiger partial charge in [-0.3, -0.25) is 10.1 Å². The fraction of sp³-hybridized carbons (Fsp3) is 0.0833. The van der Waals surface area contributed by atoms with Crippen LogP contribution in [-0.2, 0) is 6.61 Å². The van der Waals surface area contributed by atoms with Crippen LogP contribution in [0.15, 0.2) is 65.1 Å². The predicted octanol–water partition coefficient (Wildman–Crippen LogP) is 6.19. The summed E-state index contributed by atoms with van der Waals surface area (Å²) >= 11 is 3.46. The van der Waals surface area contributed by atoms with Crippen molar-refractivity contribution >= 4 is 44.3 Å². The largest absolute Gasteiger partial charge is 0.488 e. The summed E-state index contributed by atoms with van der Waals surface area (Å²) in [4.78, 5) is 18.3. The minimum atomic E-state index is -0.439. The number of halogens is 1. The van der Waals surface area contributed by atoms with Crippen molar-refractivity contribution in [2.24, 2.45) is 0 Å². The van der Waals surface area contributed by atoms with E-state index in [-0.39, 0.29) is 12.3 Å². The molecule has 0 saturated carbocycles. The third kappa shape index (κ3) is 4.68. The van der Waals surface area contributed by atoms with E-state index in [1.165, 1.54) is 12.1 Å². The summed E-state index contributed by atoms with van der Waals surface area (Å²) in [6.45, 7) is 2.14. The number of benzene rings is 3. The molecule has 4 aromatic rings. The smallest absolute Gasteiger partial charge is 0.269 e. The van der Waals surface area contributed by atoms with Crippen molar-refractivity contribution in [3.63, 3.8) is 0 Å². The first-order valence-corrected chi connectivity index (χ1v) is 10.5. The van der Waals surface area contributed by atoms with Gasteiger partial charge in [-0.2, -0.15) is 5.26 Å². The maximum Gasteiger partial charge on any atom is 0.269 e. The van der Waals surface area contributed by atoms with E-state index in [1.54, 1.807) is 24.3 Å². The summed E-state index contributed by atoms with van der Waals surface area (Å²) in [5, 5.41) is 20.8. The topological polar surface area (TPSA) is 105 Å². The second-order valence-electron chi connectivity index (χ2n) is 7.17. The van der Waals surface area contributed by atoms with Crippen molar-refractivity contribution in [2.45, 2.75) is 13.5 Å². The zero-order valence-corrected chi connectivity index (χ0v) is 18.6. The Bertz CT molecular complexity index is 1400. The Balaban J connectivity index is 1.66. The number of nitrogens with one attached hydrogen (secondary N) is 1. The lowest BCUT2D eigenvalue weighted by Crippen LogP contribution is -1.98. The number of nitro groups is 1. The van der Waals surface area contributed by atoms with Crippen LogP contribution in [0.5, 0.6) is 5.75 Å². The molecule has 1 heterocycles. The Morgan fingerprint density at radius 1 is 1.25 bits per heavy atom. The number of aromatic nitrogens is 2. The van der Waals surface area contributed by atoms with Crippen LogP contribution in [0.3, 0.4) is 0 Å². The Labute approximate surface area is 192 Å². The summed E-state index contributed by atoms with van der Waals surface area (Å²) in [5.74, 6) is 1.01. The summed E-state index contributed by atoms with van der Waals surface area (Å²) in [5.41, 5.74) is 4.45. The zero-order valence-electron chi connectivity index (χ0n) is 17.0. The van der Waals surface area contributed by atoms with Gasteiger partial charge in [0, 0.05) is 22.2 Å². The van der Waals surface area contributed by atoms with E-state index in [2.05, 4.69) is 32.0 Å². The van der Waals surface area contributed by atoms with Gasteiger partial charge in [0.2, 0.25) is 0 Å². The molecule has 1 N–H and O–H groups in total. The summed E-state index contributed by atoms with van der Waals surface area (Å²) in [6.07, 6.45) is 1.71. The van der Waals surface area contributed by atoms with Crippen LogP contribution in [0.4, 0.5) is 5.69 Å². The molecule has 0 radical (unpaired) electrons. The lowest BCUT2D eigenvalue weighted by atomic mass is 10.1. The van der Waals surface area contributed by atoms with Gasteiger partial charge < -0.3 is 9.72 Å². The lowest BCUT2D eigenvalue weighted by molar-refractivity contribution is -0.384. The van der Waals surface area contributed by atoms with Crippen LogP contribution in [-0.4, -0.2) is 14.9 Å². The Kier molecular flexibility index (Phi) is 6.01. The maximum atomic E-state index is 11.0. The number of allylic oxidation sites excluding steroid dienone is 1. The molecule has 1 aromatic heterocycles. The van der Waals surface area contributed by atoms with Gasteiger partial charge in [0.15, 0.2) is 0 Å². The first kappa shape index (κ1) is 21.3.